The molecule has 1 aromatic rings. The van der Waals surface area contributed by atoms with Crippen LogP contribution in [0.25, 0.3) is 0 Å². The van der Waals surface area contributed by atoms with Crippen molar-refractivity contribution >= 4 is 11.6 Å². The van der Waals surface area contributed by atoms with Gasteiger partial charge in [0.05, 0.1) is 0 Å². The van der Waals surface area contributed by atoms with E-state index >= 15 is 0 Å². The van der Waals surface area contributed by atoms with Gasteiger partial charge in [-0.2, -0.15) is 0 Å². The zero-order valence-electron chi connectivity index (χ0n) is 9.62. The largest absolute Gasteiger partial charge is 0.382 e. The van der Waals surface area contributed by atoms with Gasteiger partial charge in [0.25, 0.3) is 5.91 Å². The molecule has 94 valence electrons. The monoisotopic (exact) mass is 234 g/mol. The number of hydrogen-bond donors (Lipinski definition) is 2. The molecule has 0 bridgehead atoms. The molecule has 1 aliphatic carbocycles. The Morgan fingerprint density at radius 2 is 1.76 bits per heavy atom. The minimum Gasteiger partial charge on any atom is -0.382 e. The van der Waals surface area contributed by atoms with Crippen molar-refractivity contribution in [2.45, 2.75) is 39.2 Å². The molecule has 0 heterocycles. The second-order valence-electron chi connectivity index (χ2n) is 4.28. The van der Waals surface area contributed by atoms with Gasteiger partial charge >= 0.3 is 0 Å². The summed E-state index contributed by atoms with van der Waals surface area (Å²) < 4.78 is 0. The summed E-state index contributed by atoms with van der Waals surface area (Å²) in [6.45, 7) is 0. The molecular formula is C14H22N2O. The van der Waals surface area contributed by atoms with Crippen LogP contribution >= 0.6 is 0 Å². The first kappa shape index (κ1) is 13.6. The van der Waals surface area contributed by atoms with Crippen molar-refractivity contribution < 1.29 is 4.79 Å². The van der Waals surface area contributed by atoms with Gasteiger partial charge in [0, 0.05) is 24.3 Å². The van der Waals surface area contributed by atoms with Crippen molar-refractivity contribution in [1.29, 1.82) is 0 Å². The highest BCUT2D eigenvalue weighted by Crippen LogP contribution is 2.22. The average molecular weight is 234 g/mol. The Morgan fingerprint density at radius 3 is 2.29 bits per heavy atom. The van der Waals surface area contributed by atoms with E-state index in [0.29, 0.717) is 11.6 Å². The van der Waals surface area contributed by atoms with Crippen LogP contribution in [0.5, 0.6) is 0 Å². The smallest absolute Gasteiger partial charge is 0.251 e. The van der Waals surface area contributed by atoms with Gasteiger partial charge in [-0.05, 0) is 37.1 Å². The Labute approximate surface area is 104 Å². The Balaban J connectivity index is 0.00000144. The van der Waals surface area contributed by atoms with E-state index in [-0.39, 0.29) is 13.3 Å². The number of anilines is 1. The standard InChI is InChI=1S/C13H18N2O.CH4/c1-14-13(16)10-6-8-12(9-7-10)15-11-4-2-3-5-11;/h6-9,11,15H,2-5H2,1H3,(H,14,16);1H4. The molecule has 1 saturated carbocycles. The summed E-state index contributed by atoms with van der Waals surface area (Å²) in [5.41, 5.74) is 1.82. The number of amides is 1. The lowest BCUT2D eigenvalue weighted by Crippen LogP contribution is -2.18. The molecule has 0 aromatic heterocycles. The van der Waals surface area contributed by atoms with Crippen LogP contribution in [0, 0.1) is 0 Å². The predicted molar refractivity (Wildman–Crippen MR) is 72.4 cm³/mol. The molecule has 0 radical (unpaired) electrons. The summed E-state index contributed by atoms with van der Waals surface area (Å²) in [5.74, 6) is -0.0348. The number of nitrogens with one attached hydrogen (secondary N) is 2. The molecule has 1 aliphatic rings. The van der Waals surface area contributed by atoms with E-state index in [1.165, 1.54) is 25.7 Å². The normalized spacial score (nSPS) is 15.1. The van der Waals surface area contributed by atoms with E-state index in [1.54, 1.807) is 7.05 Å². The lowest BCUT2D eigenvalue weighted by Gasteiger charge is -2.13. The molecule has 0 saturated heterocycles. The van der Waals surface area contributed by atoms with Gasteiger partial charge in [0.2, 0.25) is 0 Å². The summed E-state index contributed by atoms with van der Waals surface area (Å²) in [5, 5.41) is 6.11. The average Bonchev–Trinajstić information content (AvgIpc) is 2.82. The third-order valence-corrected chi connectivity index (χ3v) is 3.10. The fraction of sp³-hybridized carbons (Fsp3) is 0.500. The molecule has 0 aliphatic heterocycles. The summed E-state index contributed by atoms with van der Waals surface area (Å²) >= 11 is 0. The zero-order valence-corrected chi connectivity index (χ0v) is 9.62. The highest BCUT2D eigenvalue weighted by molar-refractivity contribution is 5.94. The van der Waals surface area contributed by atoms with Crippen molar-refractivity contribution in [2.24, 2.45) is 0 Å². The van der Waals surface area contributed by atoms with Crippen molar-refractivity contribution in [1.82, 2.24) is 5.32 Å². The molecule has 0 atom stereocenters. The minimum atomic E-state index is -0.0348. The molecule has 0 unspecified atom stereocenters. The van der Waals surface area contributed by atoms with Gasteiger partial charge in [-0.3, -0.25) is 4.79 Å². The third kappa shape index (κ3) is 3.48. The maximum absolute atomic E-state index is 11.3. The van der Waals surface area contributed by atoms with Crippen LogP contribution in [0.2, 0.25) is 0 Å². The predicted octanol–water partition coefficient (Wildman–Crippen LogP) is 3.04. The van der Waals surface area contributed by atoms with E-state index in [0.717, 1.165) is 5.69 Å². The molecular weight excluding hydrogens is 212 g/mol. The summed E-state index contributed by atoms with van der Waals surface area (Å²) in [6.07, 6.45) is 5.18. The molecule has 2 N–H and O–H groups in total. The number of carbonyl (C=O) groups is 1. The van der Waals surface area contributed by atoms with Gasteiger partial charge in [0.15, 0.2) is 0 Å². The van der Waals surface area contributed by atoms with E-state index < -0.39 is 0 Å². The Bertz CT molecular complexity index is 353. The second kappa shape index (κ2) is 6.28. The summed E-state index contributed by atoms with van der Waals surface area (Å²) in [7, 11) is 1.65. The Hall–Kier alpha value is -1.51. The molecule has 0 spiro atoms. The van der Waals surface area contributed by atoms with E-state index in [9.17, 15) is 4.79 Å². The van der Waals surface area contributed by atoms with Gasteiger partial charge < -0.3 is 10.6 Å². The topological polar surface area (TPSA) is 41.1 Å². The third-order valence-electron chi connectivity index (χ3n) is 3.10. The van der Waals surface area contributed by atoms with Crippen LogP contribution in [0.1, 0.15) is 43.5 Å². The summed E-state index contributed by atoms with van der Waals surface area (Å²) in [4.78, 5) is 11.3. The Kier molecular flexibility index (Phi) is 5.01. The van der Waals surface area contributed by atoms with Crippen LogP contribution in [0.4, 0.5) is 5.69 Å². The molecule has 3 nitrogen and oxygen atoms in total. The van der Waals surface area contributed by atoms with Gasteiger partial charge in [0.1, 0.15) is 0 Å². The second-order valence-corrected chi connectivity index (χ2v) is 4.28. The molecule has 1 fully saturated rings. The first-order chi connectivity index (χ1) is 7.79. The van der Waals surface area contributed by atoms with Gasteiger partial charge in [-0.15, -0.1) is 0 Å². The quantitative estimate of drug-likeness (QED) is 0.844. The van der Waals surface area contributed by atoms with Gasteiger partial charge in [-0.1, -0.05) is 20.3 Å². The highest BCUT2D eigenvalue weighted by atomic mass is 16.1. The van der Waals surface area contributed by atoms with E-state index in [1.807, 2.05) is 24.3 Å². The molecule has 1 aromatic carbocycles. The molecule has 17 heavy (non-hydrogen) atoms. The first-order valence-corrected chi connectivity index (χ1v) is 5.88. The van der Waals surface area contributed by atoms with Gasteiger partial charge in [-0.25, -0.2) is 0 Å². The van der Waals surface area contributed by atoms with Crippen molar-refractivity contribution in [2.75, 3.05) is 12.4 Å². The lowest BCUT2D eigenvalue weighted by molar-refractivity contribution is 0.0963. The first-order valence-electron chi connectivity index (χ1n) is 5.88. The molecule has 1 amide bonds. The number of benzene rings is 1. The number of carbonyl (C=O) groups excluding carboxylic acids is 1. The minimum absolute atomic E-state index is 0. The number of rotatable bonds is 3. The van der Waals surface area contributed by atoms with Crippen LogP contribution in [0.3, 0.4) is 0 Å². The fourth-order valence-electron chi connectivity index (χ4n) is 2.17. The van der Waals surface area contributed by atoms with Crippen molar-refractivity contribution in [3.63, 3.8) is 0 Å². The lowest BCUT2D eigenvalue weighted by atomic mass is 10.1. The maximum Gasteiger partial charge on any atom is 0.251 e. The van der Waals surface area contributed by atoms with Crippen LogP contribution in [-0.2, 0) is 0 Å². The van der Waals surface area contributed by atoms with Crippen molar-refractivity contribution in [3.05, 3.63) is 29.8 Å². The van der Waals surface area contributed by atoms with Crippen LogP contribution in [0.15, 0.2) is 24.3 Å². The van der Waals surface area contributed by atoms with E-state index in [2.05, 4.69) is 10.6 Å². The number of hydrogen-bond acceptors (Lipinski definition) is 2. The van der Waals surface area contributed by atoms with Crippen molar-refractivity contribution in [3.8, 4) is 0 Å². The molecule has 3 heteroatoms. The summed E-state index contributed by atoms with van der Waals surface area (Å²) in [6, 6.07) is 8.28. The maximum atomic E-state index is 11.3. The van der Waals surface area contributed by atoms with Crippen LogP contribution in [-0.4, -0.2) is 19.0 Å². The van der Waals surface area contributed by atoms with E-state index in [4.69, 9.17) is 0 Å². The Morgan fingerprint density at radius 1 is 1.18 bits per heavy atom. The highest BCUT2D eigenvalue weighted by Gasteiger charge is 2.14. The van der Waals surface area contributed by atoms with Crippen LogP contribution < -0.4 is 10.6 Å². The fourth-order valence-corrected chi connectivity index (χ4v) is 2.17. The zero-order chi connectivity index (χ0) is 11.4. The molecule has 2 rings (SSSR count). The SMILES string of the molecule is C.CNC(=O)c1ccc(NC2CCCC2)cc1.